The van der Waals surface area contributed by atoms with E-state index in [2.05, 4.69) is 0 Å². The Morgan fingerprint density at radius 3 is 1.10 bits per heavy atom. The van der Waals surface area contributed by atoms with Crippen LogP contribution in [0.1, 0.15) is 24.0 Å². The van der Waals surface area contributed by atoms with Crippen LogP contribution in [0.15, 0.2) is 48.5 Å². The number of hydrogen-bond donors (Lipinski definition) is 2. The summed E-state index contributed by atoms with van der Waals surface area (Å²) in [6, 6.07) is 10.8. The third kappa shape index (κ3) is 6.29. The zero-order chi connectivity index (χ0) is 15.1. The van der Waals surface area contributed by atoms with Gasteiger partial charge in [-0.05, 0) is 24.3 Å². The Morgan fingerprint density at radius 2 is 0.905 bits per heavy atom. The minimum atomic E-state index is -2.60. The summed E-state index contributed by atoms with van der Waals surface area (Å²) in [4.78, 5) is 0. The molecule has 0 fully saturated rings. The van der Waals surface area contributed by atoms with E-state index in [9.17, 15) is 17.6 Å². The number of rotatable bonds is 2. The zero-order valence-corrected chi connectivity index (χ0v) is 13.1. The Balaban J connectivity index is 0.000000364. The summed E-state index contributed by atoms with van der Waals surface area (Å²) in [7, 11) is 0. The van der Waals surface area contributed by atoms with Gasteiger partial charge in [-0.1, -0.05) is 24.3 Å². The Labute approximate surface area is 138 Å². The Hall–Kier alpha value is -1.36. The normalized spacial score (nSPS) is 9.81. The summed E-state index contributed by atoms with van der Waals surface area (Å²) in [5.41, 5.74) is -0.634. The summed E-state index contributed by atoms with van der Waals surface area (Å²) in [5, 5.41) is 17.6. The molecule has 2 rings (SSSR count). The van der Waals surface area contributed by atoms with Gasteiger partial charge in [-0.3, -0.25) is 0 Å². The molecule has 0 saturated carbocycles. The van der Waals surface area contributed by atoms with E-state index in [-0.39, 0.29) is 48.8 Å². The Kier molecular flexibility index (Phi) is 8.94. The predicted octanol–water partition coefficient (Wildman–Crippen LogP) is 4.66. The number of aromatic hydroxyl groups is 2. The molecule has 2 aromatic carbocycles. The van der Waals surface area contributed by atoms with Crippen molar-refractivity contribution in [2.75, 3.05) is 0 Å². The van der Waals surface area contributed by atoms with Crippen molar-refractivity contribution in [1.29, 1.82) is 0 Å². The third-order valence-corrected chi connectivity index (χ3v) is 2.34. The van der Waals surface area contributed by atoms with E-state index in [1.807, 2.05) is 0 Å². The topological polar surface area (TPSA) is 40.5 Å². The number of alkyl halides is 4. The second-order valence-electron chi connectivity index (χ2n) is 3.72. The molecule has 2 aromatic rings. The minimum Gasteiger partial charge on any atom is -0.507 e. The molecule has 0 aliphatic carbocycles. The molecule has 0 aliphatic rings. The van der Waals surface area contributed by atoms with Crippen LogP contribution in [-0.2, 0) is 26.2 Å². The van der Waals surface area contributed by atoms with Crippen LogP contribution in [0.5, 0.6) is 11.5 Å². The van der Waals surface area contributed by atoms with Crippen LogP contribution in [0, 0.1) is 0 Å². The van der Waals surface area contributed by atoms with E-state index in [0.29, 0.717) is 0 Å². The van der Waals surface area contributed by atoms with Crippen molar-refractivity contribution in [3.05, 3.63) is 59.7 Å². The average Bonchev–Trinajstić information content (AvgIpc) is 2.40. The molecule has 0 saturated heterocycles. The van der Waals surface area contributed by atoms with Crippen LogP contribution in [0.25, 0.3) is 0 Å². The molecule has 0 unspecified atom stereocenters. The van der Waals surface area contributed by atoms with Gasteiger partial charge in [0.1, 0.15) is 11.5 Å². The molecule has 7 heteroatoms. The number of phenols is 2. The first-order valence-electron chi connectivity index (χ1n) is 5.55. The molecule has 0 atom stereocenters. The SMILES string of the molecule is Oc1ccccc1C(F)F.Oc1ccccc1C(F)F.[Zr]. The largest absolute Gasteiger partial charge is 0.507 e. The summed E-state index contributed by atoms with van der Waals surface area (Å²) >= 11 is 0. The number of benzene rings is 2. The quantitative estimate of drug-likeness (QED) is 0.746. The van der Waals surface area contributed by atoms with Crippen LogP contribution in [0.2, 0.25) is 0 Å². The standard InChI is InChI=1S/2C7H6F2O.Zr/c2*8-7(9)5-3-1-2-4-6(5)10;/h2*1-4,7,10H;. The van der Waals surface area contributed by atoms with Crippen molar-refractivity contribution in [1.82, 2.24) is 0 Å². The summed E-state index contributed by atoms with van der Waals surface area (Å²) < 4.78 is 47.5. The minimum absolute atomic E-state index is 0. The second-order valence-corrected chi connectivity index (χ2v) is 3.72. The smallest absolute Gasteiger partial charge is 0.267 e. The maximum Gasteiger partial charge on any atom is 0.267 e. The first-order valence-corrected chi connectivity index (χ1v) is 5.55. The number of hydrogen-bond acceptors (Lipinski definition) is 2. The fourth-order valence-electron chi connectivity index (χ4n) is 1.34. The monoisotopic (exact) mass is 378 g/mol. The van der Waals surface area contributed by atoms with Gasteiger partial charge in [0.25, 0.3) is 12.9 Å². The van der Waals surface area contributed by atoms with Crippen LogP contribution in [0.4, 0.5) is 17.6 Å². The summed E-state index contributed by atoms with van der Waals surface area (Å²) in [5.74, 6) is -0.699. The predicted molar refractivity (Wildman–Crippen MR) is 66.1 cm³/mol. The molecule has 2 nitrogen and oxygen atoms in total. The Bertz CT molecular complexity index is 501. The molecular weight excluding hydrogens is 367 g/mol. The van der Waals surface area contributed by atoms with E-state index in [4.69, 9.17) is 10.2 Å². The van der Waals surface area contributed by atoms with Gasteiger partial charge in [-0.15, -0.1) is 0 Å². The molecule has 0 aromatic heterocycles. The summed E-state index contributed by atoms with van der Waals surface area (Å²) in [6.07, 6.45) is -5.19. The summed E-state index contributed by atoms with van der Waals surface area (Å²) in [6.45, 7) is 0. The molecule has 0 spiro atoms. The molecule has 112 valence electrons. The van der Waals surface area contributed by atoms with Gasteiger partial charge in [0.15, 0.2) is 0 Å². The number of phenolic OH excluding ortho intramolecular Hbond substituents is 2. The fraction of sp³-hybridized carbons (Fsp3) is 0.143. The van der Waals surface area contributed by atoms with Crippen LogP contribution < -0.4 is 0 Å². The van der Waals surface area contributed by atoms with E-state index >= 15 is 0 Å². The molecule has 0 radical (unpaired) electrons. The molecule has 0 bridgehead atoms. The van der Waals surface area contributed by atoms with Crippen molar-refractivity contribution in [3.63, 3.8) is 0 Å². The first-order chi connectivity index (χ1) is 9.43. The van der Waals surface area contributed by atoms with Gasteiger partial charge in [0.05, 0.1) is 11.1 Å². The zero-order valence-electron chi connectivity index (χ0n) is 10.7. The molecule has 0 amide bonds. The van der Waals surface area contributed by atoms with E-state index in [1.165, 1.54) is 48.5 Å². The average molecular weight is 379 g/mol. The van der Waals surface area contributed by atoms with Crippen LogP contribution >= 0.6 is 0 Å². The fourth-order valence-corrected chi connectivity index (χ4v) is 1.34. The van der Waals surface area contributed by atoms with E-state index < -0.39 is 12.9 Å². The van der Waals surface area contributed by atoms with Crippen molar-refractivity contribution in [3.8, 4) is 11.5 Å². The van der Waals surface area contributed by atoms with Gasteiger partial charge in [-0.25, -0.2) is 17.6 Å². The van der Waals surface area contributed by atoms with E-state index in [0.717, 1.165) is 0 Å². The number of halogens is 4. The van der Waals surface area contributed by atoms with Crippen molar-refractivity contribution in [2.45, 2.75) is 12.9 Å². The van der Waals surface area contributed by atoms with Gasteiger partial charge in [0, 0.05) is 26.2 Å². The first kappa shape index (κ1) is 19.6. The molecule has 0 heterocycles. The van der Waals surface area contributed by atoms with Crippen LogP contribution in [0.3, 0.4) is 0 Å². The molecular formula is C14H12F4O2Zr. The third-order valence-electron chi connectivity index (χ3n) is 2.34. The molecule has 21 heavy (non-hydrogen) atoms. The van der Waals surface area contributed by atoms with Gasteiger partial charge < -0.3 is 10.2 Å². The van der Waals surface area contributed by atoms with E-state index in [1.54, 1.807) is 0 Å². The van der Waals surface area contributed by atoms with Crippen LogP contribution in [-0.4, -0.2) is 10.2 Å². The van der Waals surface area contributed by atoms with Gasteiger partial charge >= 0.3 is 0 Å². The second kappa shape index (κ2) is 9.56. The van der Waals surface area contributed by atoms with Gasteiger partial charge in [0.2, 0.25) is 0 Å². The van der Waals surface area contributed by atoms with Gasteiger partial charge in [-0.2, -0.15) is 0 Å². The van der Waals surface area contributed by atoms with Crippen molar-refractivity contribution < 1.29 is 54.0 Å². The van der Waals surface area contributed by atoms with Crippen molar-refractivity contribution in [2.24, 2.45) is 0 Å². The van der Waals surface area contributed by atoms with Crippen molar-refractivity contribution >= 4 is 0 Å². The molecule has 2 N–H and O–H groups in total. The molecule has 0 aliphatic heterocycles. The maximum absolute atomic E-state index is 11.9. The number of para-hydroxylation sites is 2. The Morgan fingerprint density at radius 1 is 0.619 bits per heavy atom. The maximum atomic E-state index is 11.9.